The van der Waals surface area contributed by atoms with Gasteiger partial charge in [0.25, 0.3) is 0 Å². The molecule has 70 heavy (non-hydrogen) atoms. The normalized spacial score (nSPS) is 13.7. The Balaban J connectivity index is 4.17. The number of esters is 2. The Morgan fingerprint density at radius 2 is 0.814 bits per heavy atom. The van der Waals surface area contributed by atoms with Crippen molar-refractivity contribution in [3.05, 3.63) is 60.8 Å². The molecule has 408 valence electrons. The van der Waals surface area contributed by atoms with Crippen LogP contribution in [0.4, 0.5) is 0 Å². The van der Waals surface area contributed by atoms with Gasteiger partial charge in [-0.2, -0.15) is 0 Å². The smallest absolute Gasteiger partial charge is 0.462 e. The highest BCUT2D eigenvalue weighted by atomic mass is 31.2. The third kappa shape index (κ3) is 55.0. The summed E-state index contributed by atoms with van der Waals surface area (Å²) >= 11 is 0. The lowest BCUT2D eigenvalue weighted by Gasteiger charge is -2.24. The predicted octanol–water partition coefficient (Wildman–Crippen LogP) is 17.9. The maximum atomic E-state index is 12.8. The first-order chi connectivity index (χ1) is 34.0. The van der Waals surface area contributed by atoms with Crippen molar-refractivity contribution in [2.45, 2.75) is 264 Å². The third-order valence-electron chi connectivity index (χ3n) is 12.5. The number of phosphoric acid groups is 1. The van der Waals surface area contributed by atoms with Gasteiger partial charge in [-0.3, -0.25) is 18.6 Å². The zero-order chi connectivity index (χ0) is 51.3. The Morgan fingerprint density at radius 3 is 1.23 bits per heavy atom. The fourth-order valence-electron chi connectivity index (χ4n) is 8.06. The lowest BCUT2D eigenvalue weighted by Crippen LogP contribution is -2.37. The van der Waals surface area contributed by atoms with Crippen molar-refractivity contribution in [2.75, 3.05) is 47.5 Å². The Morgan fingerprint density at radius 1 is 0.457 bits per heavy atom. The van der Waals surface area contributed by atoms with E-state index in [1.807, 2.05) is 21.1 Å². The maximum Gasteiger partial charge on any atom is 0.472 e. The highest BCUT2D eigenvalue weighted by Gasteiger charge is 2.27. The number of phosphoric ester groups is 1. The first-order valence-electron chi connectivity index (χ1n) is 29.0. The number of likely N-dealkylation sites (N-methyl/N-ethyl adjacent to an activating group) is 1. The van der Waals surface area contributed by atoms with Gasteiger partial charge in [0.2, 0.25) is 0 Å². The lowest BCUT2D eigenvalue weighted by molar-refractivity contribution is -0.870. The van der Waals surface area contributed by atoms with Crippen LogP contribution in [0, 0.1) is 0 Å². The minimum Gasteiger partial charge on any atom is -0.462 e. The molecule has 2 unspecified atom stereocenters. The standard InChI is InChI=1S/C60H110NO8P/c1-6-8-10-12-14-16-18-20-22-24-26-28-30-32-34-36-38-40-42-44-46-48-50-52-59(62)66-56-58(57-68-70(64,65)67-55-54-61(3,4)5)69-60(63)53-51-49-47-45-43-41-39-37-35-33-31-29-27-25-23-21-19-17-15-13-11-9-7-2/h9,11,15,17,21,23-24,26-27,29,58H,6-8,10,12-14,16,18-20,22,25,28,30-57H2,1-5H3/p+1/b11-9-,17-15-,23-21-,26-24-,29-27-. The quantitative estimate of drug-likeness (QED) is 0.0211. The van der Waals surface area contributed by atoms with Gasteiger partial charge < -0.3 is 18.9 Å². The number of rotatable bonds is 53. The number of carbonyl (C=O) groups excluding carboxylic acids is 2. The van der Waals surface area contributed by atoms with Crippen molar-refractivity contribution in [3.63, 3.8) is 0 Å². The highest BCUT2D eigenvalue weighted by molar-refractivity contribution is 7.47. The number of allylic oxidation sites excluding steroid dienone is 10. The van der Waals surface area contributed by atoms with Gasteiger partial charge in [-0.05, 0) is 77.0 Å². The van der Waals surface area contributed by atoms with Crippen molar-refractivity contribution in [1.82, 2.24) is 0 Å². The van der Waals surface area contributed by atoms with Crippen LogP contribution in [0.5, 0.6) is 0 Å². The minimum absolute atomic E-state index is 0.0295. The van der Waals surface area contributed by atoms with Crippen molar-refractivity contribution < 1.29 is 42.1 Å². The van der Waals surface area contributed by atoms with E-state index < -0.39 is 26.5 Å². The van der Waals surface area contributed by atoms with Gasteiger partial charge in [0.05, 0.1) is 27.7 Å². The Kier molecular flexibility index (Phi) is 49.9. The first kappa shape index (κ1) is 67.7. The number of hydrogen-bond acceptors (Lipinski definition) is 7. The molecule has 2 atom stereocenters. The molecule has 0 heterocycles. The van der Waals surface area contributed by atoms with E-state index in [0.717, 1.165) is 70.6 Å². The largest absolute Gasteiger partial charge is 0.472 e. The monoisotopic (exact) mass is 1000 g/mol. The fourth-order valence-corrected chi connectivity index (χ4v) is 8.80. The van der Waals surface area contributed by atoms with Crippen molar-refractivity contribution >= 4 is 19.8 Å². The van der Waals surface area contributed by atoms with E-state index in [9.17, 15) is 19.0 Å². The van der Waals surface area contributed by atoms with Crippen LogP contribution in [-0.4, -0.2) is 74.9 Å². The predicted molar refractivity (Wildman–Crippen MR) is 298 cm³/mol. The van der Waals surface area contributed by atoms with Crippen molar-refractivity contribution in [1.29, 1.82) is 0 Å². The molecule has 0 aromatic heterocycles. The average molecular weight is 1010 g/mol. The maximum absolute atomic E-state index is 12.8. The summed E-state index contributed by atoms with van der Waals surface area (Å²) in [6, 6.07) is 0. The Hall–Kier alpha value is -2.29. The van der Waals surface area contributed by atoms with Crippen LogP contribution >= 0.6 is 7.82 Å². The van der Waals surface area contributed by atoms with Crippen LogP contribution in [0.2, 0.25) is 0 Å². The minimum atomic E-state index is -4.39. The van der Waals surface area contributed by atoms with E-state index in [1.165, 1.54) is 154 Å². The second kappa shape index (κ2) is 51.6. The van der Waals surface area contributed by atoms with Crippen LogP contribution in [0.1, 0.15) is 258 Å². The van der Waals surface area contributed by atoms with Gasteiger partial charge in [0.15, 0.2) is 6.10 Å². The third-order valence-corrected chi connectivity index (χ3v) is 13.5. The van der Waals surface area contributed by atoms with Crippen molar-refractivity contribution in [3.8, 4) is 0 Å². The zero-order valence-corrected chi connectivity index (χ0v) is 47.1. The number of quaternary nitrogens is 1. The molecule has 0 rings (SSSR count). The number of unbranched alkanes of at least 4 members (excludes halogenated alkanes) is 29. The molecule has 9 nitrogen and oxygen atoms in total. The molecule has 0 aliphatic rings. The topological polar surface area (TPSA) is 108 Å². The van der Waals surface area contributed by atoms with Gasteiger partial charge in [0.1, 0.15) is 19.8 Å². The van der Waals surface area contributed by atoms with Gasteiger partial charge in [-0.1, -0.05) is 229 Å². The summed E-state index contributed by atoms with van der Waals surface area (Å²) in [4.78, 5) is 35.7. The Labute approximate surface area is 432 Å². The van der Waals surface area contributed by atoms with E-state index in [-0.39, 0.29) is 32.0 Å². The molecular formula is C60H111NO8P+. The van der Waals surface area contributed by atoms with Crippen LogP contribution in [-0.2, 0) is 32.7 Å². The van der Waals surface area contributed by atoms with Gasteiger partial charge in [-0.25, -0.2) is 4.57 Å². The second-order valence-corrected chi connectivity index (χ2v) is 22.1. The molecule has 10 heteroatoms. The molecule has 0 aromatic rings. The summed E-state index contributed by atoms with van der Waals surface area (Å²) in [7, 11) is 1.47. The summed E-state index contributed by atoms with van der Waals surface area (Å²) in [5, 5.41) is 0. The lowest BCUT2D eigenvalue weighted by atomic mass is 10.0. The zero-order valence-electron chi connectivity index (χ0n) is 46.2. The SMILES string of the molecule is CC/C=C\C/C=C\C/C=C\C/C=C\CCCCCCCCCCCCC(=O)OC(COC(=O)CCCCCCCCCCCCC/C=C\CCCCCCCCCC)COP(=O)(O)OCC[N+](C)(C)C. The highest BCUT2D eigenvalue weighted by Crippen LogP contribution is 2.43. The molecule has 0 spiro atoms. The number of carbonyl (C=O) groups is 2. The van der Waals surface area contributed by atoms with Crippen LogP contribution < -0.4 is 0 Å². The summed E-state index contributed by atoms with van der Waals surface area (Å²) < 4.78 is 34.6. The van der Waals surface area contributed by atoms with Crippen LogP contribution in [0.15, 0.2) is 60.8 Å². The van der Waals surface area contributed by atoms with E-state index in [1.54, 1.807) is 0 Å². The van der Waals surface area contributed by atoms with Crippen LogP contribution in [0.3, 0.4) is 0 Å². The molecule has 1 N–H and O–H groups in total. The average Bonchev–Trinajstić information content (AvgIpc) is 3.32. The van der Waals surface area contributed by atoms with Crippen molar-refractivity contribution in [2.24, 2.45) is 0 Å². The molecule has 0 bridgehead atoms. The summed E-state index contributed by atoms with van der Waals surface area (Å²) in [6.45, 7) is 4.34. The summed E-state index contributed by atoms with van der Waals surface area (Å²) in [6.07, 6.45) is 65.7. The molecule has 0 fully saturated rings. The van der Waals surface area contributed by atoms with Gasteiger partial charge in [0, 0.05) is 12.8 Å². The second-order valence-electron chi connectivity index (χ2n) is 20.6. The van der Waals surface area contributed by atoms with Gasteiger partial charge >= 0.3 is 19.8 Å². The van der Waals surface area contributed by atoms with Crippen LogP contribution in [0.25, 0.3) is 0 Å². The molecular weight excluding hydrogens is 894 g/mol. The van der Waals surface area contributed by atoms with E-state index in [2.05, 4.69) is 74.6 Å². The van der Waals surface area contributed by atoms with Gasteiger partial charge in [-0.15, -0.1) is 0 Å². The van der Waals surface area contributed by atoms with E-state index in [4.69, 9.17) is 18.5 Å². The first-order valence-corrected chi connectivity index (χ1v) is 30.5. The molecule has 0 saturated carbocycles. The number of ether oxygens (including phenoxy) is 2. The number of nitrogens with zero attached hydrogens (tertiary/aromatic N) is 1. The molecule has 0 aliphatic carbocycles. The molecule has 0 aromatic carbocycles. The summed E-state index contributed by atoms with van der Waals surface area (Å²) in [5.74, 6) is -0.797. The summed E-state index contributed by atoms with van der Waals surface area (Å²) in [5.41, 5.74) is 0. The Bertz CT molecular complexity index is 1370. The molecule has 0 radical (unpaired) electrons. The molecule has 0 saturated heterocycles. The molecule has 0 aliphatic heterocycles. The molecule has 0 amide bonds. The van der Waals surface area contributed by atoms with E-state index >= 15 is 0 Å². The fraction of sp³-hybridized carbons (Fsp3) is 0.800. The van der Waals surface area contributed by atoms with E-state index in [0.29, 0.717) is 17.4 Å². The number of hydrogen-bond donors (Lipinski definition) is 1.